The van der Waals surface area contributed by atoms with Crippen LogP contribution in [-0.4, -0.2) is 71.1 Å². The smallest absolute Gasteiger partial charge is 0.257 e. The largest absolute Gasteiger partial charge is 0.379 e. The maximum absolute atomic E-state index is 13.1. The molecule has 0 aliphatic carbocycles. The van der Waals surface area contributed by atoms with E-state index in [-0.39, 0.29) is 11.8 Å². The quantitative estimate of drug-likeness (QED) is 0.843. The minimum absolute atomic E-state index is 0.0707. The van der Waals surface area contributed by atoms with Crippen LogP contribution >= 0.6 is 0 Å². The van der Waals surface area contributed by atoms with Crippen LogP contribution in [0.2, 0.25) is 0 Å². The van der Waals surface area contributed by atoms with Crippen molar-refractivity contribution in [1.29, 1.82) is 0 Å². The monoisotopic (exact) mass is 332 g/mol. The second-order valence-electron chi connectivity index (χ2n) is 7.27. The molecule has 2 atom stereocenters. The number of aromatic nitrogens is 2. The van der Waals surface area contributed by atoms with Gasteiger partial charge in [0.15, 0.2) is 0 Å². The summed E-state index contributed by atoms with van der Waals surface area (Å²) in [7, 11) is 0. The number of aryl methyl sites for hydroxylation is 1. The highest BCUT2D eigenvalue weighted by atomic mass is 16.5. The lowest BCUT2D eigenvalue weighted by Gasteiger charge is -2.34. The molecule has 1 amide bonds. The average molecular weight is 332 g/mol. The zero-order valence-electron chi connectivity index (χ0n) is 15.2. The number of hydrogen-bond acceptors (Lipinski definition) is 5. The molecule has 0 spiro atoms. The molecule has 24 heavy (non-hydrogen) atoms. The lowest BCUT2D eigenvalue weighted by Crippen LogP contribution is -2.47. The summed E-state index contributed by atoms with van der Waals surface area (Å²) in [6.07, 6.45) is 1.70. The minimum Gasteiger partial charge on any atom is -0.379 e. The topological polar surface area (TPSA) is 58.6 Å². The van der Waals surface area contributed by atoms with Gasteiger partial charge in [-0.25, -0.2) is 9.97 Å². The normalized spacial score (nSPS) is 25.5. The lowest BCUT2D eigenvalue weighted by molar-refractivity contribution is 0.0119. The van der Waals surface area contributed by atoms with Crippen molar-refractivity contribution in [3.8, 4) is 0 Å². The standard InChI is InChI=1S/C18H28N4O2/c1-12(2)17-15(9-19-14(4)20-17)18(23)22-10-13(3)16(11-22)21-5-7-24-8-6-21/h9,12-13,16H,5-8,10-11H2,1-4H3/t13-,16-/m1/s1. The molecule has 3 rings (SSSR count). The molecule has 6 heteroatoms. The van der Waals surface area contributed by atoms with E-state index >= 15 is 0 Å². The van der Waals surface area contributed by atoms with Crippen LogP contribution < -0.4 is 0 Å². The molecule has 3 heterocycles. The molecule has 0 bridgehead atoms. The Balaban J connectivity index is 1.76. The summed E-state index contributed by atoms with van der Waals surface area (Å²) in [6.45, 7) is 13.3. The first-order valence-electron chi connectivity index (χ1n) is 8.92. The second kappa shape index (κ2) is 7.15. The highest BCUT2D eigenvalue weighted by molar-refractivity contribution is 5.95. The molecule has 2 fully saturated rings. The highest BCUT2D eigenvalue weighted by Gasteiger charge is 2.37. The number of likely N-dealkylation sites (tertiary alicyclic amines) is 1. The Hall–Kier alpha value is -1.53. The van der Waals surface area contributed by atoms with Crippen LogP contribution in [0.1, 0.15) is 48.6 Å². The number of morpholine rings is 1. The molecule has 0 N–H and O–H groups in total. The van der Waals surface area contributed by atoms with Crippen molar-refractivity contribution in [2.24, 2.45) is 5.92 Å². The van der Waals surface area contributed by atoms with Gasteiger partial charge in [0, 0.05) is 38.4 Å². The van der Waals surface area contributed by atoms with E-state index in [1.807, 2.05) is 11.8 Å². The van der Waals surface area contributed by atoms with Gasteiger partial charge in [-0.2, -0.15) is 0 Å². The minimum atomic E-state index is 0.0707. The summed E-state index contributed by atoms with van der Waals surface area (Å²) in [4.78, 5) is 26.3. The van der Waals surface area contributed by atoms with Crippen LogP contribution in [0.15, 0.2) is 6.20 Å². The number of nitrogens with zero attached hydrogens (tertiary/aromatic N) is 4. The molecule has 2 aliphatic rings. The van der Waals surface area contributed by atoms with Crippen molar-refractivity contribution < 1.29 is 9.53 Å². The maximum atomic E-state index is 13.1. The average Bonchev–Trinajstić information content (AvgIpc) is 2.96. The predicted molar refractivity (Wildman–Crippen MR) is 92.1 cm³/mol. The summed E-state index contributed by atoms with van der Waals surface area (Å²) < 4.78 is 5.45. The van der Waals surface area contributed by atoms with E-state index in [4.69, 9.17) is 4.74 Å². The van der Waals surface area contributed by atoms with Gasteiger partial charge in [0.2, 0.25) is 0 Å². The molecule has 0 aromatic carbocycles. The maximum Gasteiger partial charge on any atom is 0.257 e. The summed E-state index contributed by atoms with van der Waals surface area (Å²) in [5.74, 6) is 1.47. The van der Waals surface area contributed by atoms with Crippen LogP contribution in [0.5, 0.6) is 0 Å². The molecule has 1 aromatic heterocycles. The number of ether oxygens (including phenoxy) is 1. The number of rotatable bonds is 3. The van der Waals surface area contributed by atoms with E-state index in [2.05, 4.69) is 35.6 Å². The van der Waals surface area contributed by atoms with Gasteiger partial charge in [-0.3, -0.25) is 9.69 Å². The Morgan fingerprint density at radius 3 is 2.67 bits per heavy atom. The third kappa shape index (κ3) is 3.44. The molecule has 6 nitrogen and oxygen atoms in total. The highest BCUT2D eigenvalue weighted by Crippen LogP contribution is 2.26. The van der Waals surface area contributed by atoms with Crippen molar-refractivity contribution in [1.82, 2.24) is 19.8 Å². The third-order valence-corrected chi connectivity index (χ3v) is 5.09. The first-order chi connectivity index (χ1) is 11.5. The van der Waals surface area contributed by atoms with Gasteiger partial charge in [0.1, 0.15) is 5.82 Å². The fourth-order valence-electron chi connectivity index (χ4n) is 3.76. The molecule has 0 saturated carbocycles. The van der Waals surface area contributed by atoms with Crippen LogP contribution in [0.4, 0.5) is 0 Å². The van der Waals surface area contributed by atoms with E-state index in [0.29, 0.717) is 17.5 Å². The number of hydrogen-bond donors (Lipinski definition) is 0. The summed E-state index contributed by atoms with van der Waals surface area (Å²) in [5, 5.41) is 0. The molecular formula is C18H28N4O2. The molecule has 1 aromatic rings. The second-order valence-corrected chi connectivity index (χ2v) is 7.27. The fourth-order valence-corrected chi connectivity index (χ4v) is 3.76. The lowest BCUT2D eigenvalue weighted by atomic mass is 10.0. The Labute approximate surface area is 144 Å². The van der Waals surface area contributed by atoms with Crippen LogP contribution in [-0.2, 0) is 4.74 Å². The Morgan fingerprint density at radius 2 is 2.00 bits per heavy atom. The fraction of sp³-hybridized carbons (Fsp3) is 0.722. The summed E-state index contributed by atoms with van der Waals surface area (Å²) in [6, 6.07) is 0.423. The molecule has 0 unspecified atom stereocenters. The van der Waals surface area contributed by atoms with E-state index in [0.717, 1.165) is 50.9 Å². The van der Waals surface area contributed by atoms with Crippen molar-refractivity contribution in [2.45, 2.75) is 39.7 Å². The first kappa shape index (κ1) is 17.3. The van der Waals surface area contributed by atoms with E-state index < -0.39 is 0 Å². The first-order valence-corrected chi connectivity index (χ1v) is 8.92. The van der Waals surface area contributed by atoms with Crippen LogP contribution in [0.25, 0.3) is 0 Å². The summed E-state index contributed by atoms with van der Waals surface area (Å²) >= 11 is 0. The third-order valence-electron chi connectivity index (χ3n) is 5.09. The Morgan fingerprint density at radius 1 is 1.29 bits per heavy atom. The van der Waals surface area contributed by atoms with Gasteiger partial charge in [-0.1, -0.05) is 20.8 Å². The number of amides is 1. The van der Waals surface area contributed by atoms with E-state index in [9.17, 15) is 4.79 Å². The van der Waals surface area contributed by atoms with E-state index in [1.54, 1.807) is 6.20 Å². The van der Waals surface area contributed by atoms with Crippen LogP contribution in [0.3, 0.4) is 0 Å². The Kier molecular flexibility index (Phi) is 5.15. The molecule has 2 aliphatic heterocycles. The molecule has 2 saturated heterocycles. The number of carbonyl (C=O) groups excluding carboxylic acids is 1. The zero-order chi connectivity index (χ0) is 17.3. The van der Waals surface area contributed by atoms with Crippen molar-refractivity contribution >= 4 is 5.91 Å². The van der Waals surface area contributed by atoms with Gasteiger partial charge < -0.3 is 9.64 Å². The van der Waals surface area contributed by atoms with Crippen molar-refractivity contribution in [2.75, 3.05) is 39.4 Å². The molecule has 132 valence electrons. The van der Waals surface area contributed by atoms with Gasteiger partial charge in [0.05, 0.1) is 24.5 Å². The van der Waals surface area contributed by atoms with Gasteiger partial charge in [-0.15, -0.1) is 0 Å². The van der Waals surface area contributed by atoms with Crippen LogP contribution in [0, 0.1) is 12.8 Å². The molecular weight excluding hydrogens is 304 g/mol. The van der Waals surface area contributed by atoms with E-state index in [1.165, 1.54) is 0 Å². The van der Waals surface area contributed by atoms with Crippen molar-refractivity contribution in [3.63, 3.8) is 0 Å². The predicted octanol–water partition coefficient (Wildman–Crippen LogP) is 1.70. The number of carbonyl (C=O) groups is 1. The SMILES string of the molecule is Cc1ncc(C(=O)N2C[C@@H](C)[C@H](N3CCOCC3)C2)c(C(C)C)n1. The Bertz CT molecular complexity index is 599. The zero-order valence-corrected chi connectivity index (χ0v) is 15.2. The van der Waals surface area contributed by atoms with Crippen molar-refractivity contribution in [3.05, 3.63) is 23.3 Å². The van der Waals surface area contributed by atoms with Gasteiger partial charge >= 0.3 is 0 Å². The van der Waals surface area contributed by atoms with Gasteiger partial charge in [0.25, 0.3) is 5.91 Å². The summed E-state index contributed by atoms with van der Waals surface area (Å²) in [5.41, 5.74) is 1.51. The van der Waals surface area contributed by atoms with Gasteiger partial charge in [-0.05, 0) is 18.8 Å². The molecule has 0 radical (unpaired) electrons.